The second kappa shape index (κ2) is 4.10. The fraction of sp³-hybridized carbons (Fsp3) is 0.125. The van der Waals surface area contributed by atoms with Gasteiger partial charge < -0.3 is 0 Å². The Morgan fingerprint density at radius 2 is 1.64 bits per heavy atom. The molecule has 0 saturated carbocycles. The highest BCUT2D eigenvalue weighted by Gasteiger charge is 2.02. The molecule has 2 heterocycles. The van der Waals surface area contributed by atoms with Gasteiger partial charge in [0, 0.05) is 18.0 Å². The van der Waals surface area contributed by atoms with E-state index in [2.05, 4.69) is 25.4 Å². The van der Waals surface area contributed by atoms with Gasteiger partial charge in [0.2, 0.25) is 11.0 Å². The van der Waals surface area contributed by atoms with Crippen molar-refractivity contribution in [3.05, 3.63) is 24.5 Å². The summed E-state index contributed by atoms with van der Waals surface area (Å²) in [5, 5.41) is 16.3. The fourth-order valence-corrected chi connectivity index (χ4v) is 1.16. The van der Waals surface area contributed by atoms with Gasteiger partial charge in [-0.2, -0.15) is 0 Å². The van der Waals surface area contributed by atoms with E-state index in [1.54, 1.807) is 12.4 Å². The Labute approximate surface area is 85.0 Å². The molecule has 0 radical (unpaired) electrons. The number of thioether (sulfide) groups is 1. The maximum atomic E-state index is 3.95. The van der Waals surface area contributed by atoms with Gasteiger partial charge in [-0.15, -0.1) is 20.4 Å². The maximum absolute atomic E-state index is 3.95. The van der Waals surface area contributed by atoms with Crippen molar-refractivity contribution >= 4 is 11.8 Å². The van der Waals surface area contributed by atoms with Gasteiger partial charge in [0.05, 0.1) is 0 Å². The van der Waals surface area contributed by atoms with Crippen molar-refractivity contribution in [3.63, 3.8) is 0 Å². The zero-order valence-corrected chi connectivity index (χ0v) is 8.27. The van der Waals surface area contributed by atoms with E-state index in [1.807, 2.05) is 18.4 Å². The van der Waals surface area contributed by atoms with Gasteiger partial charge in [0.1, 0.15) is 0 Å². The molecule has 2 aromatic rings. The molecule has 0 aromatic carbocycles. The summed E-state index contributed by atoms with van der Waals surface area (Å²) in [4.78, 5) is 3.90. The minimum atomic E-state index is 0.519. The molecule has 0 amide bonds. The molecule has 0 N–H and O–H groups in total. The molecule has 0 bridgehead atoms. The van der Waals surface area contributed by atoms with Crippen molar-refractivity contribution in [3.8, 4) is 11.4 Å². The van der Waals surface area contributed by atoms with Crippen molar-refractivity contribution in [1.82, 2.24) is 25.4 Å². The van der Waals surface area contributed by atoms with Crippen LogP contribution in [-0.4, -0.2) is 31.6 Å². The molecule has 14 heavy (non-hydrogen) atoms. The third-order valence-corrected chi connectivity index (χ3v) is 2.11. The first-order valence-corrected chi connectivity index (χ1v) is 5.14. The zero-order valence-electron chi connectivity index (χ0n) is 7.45. The van der Waals surface area contributed by atoms with Crippen molar-refractivity contribution in [2.24, 2.45) is 0 Å². The molecule has 5 nitrogen and oxygen atoms in total. The first-order chi connectivity index (χ1) is 6.90. The van der Waals surface area contributed by atoms with E-state index < -0.39 is 0 Å². The topological polar surface area (TPSA) is 64.5 Å². The van der Waals surface area contributed by atoms with Crippen LogP contribution in [0.25, 0.3) is 11.4 Å². The molecule has 0 aliphatic rings. The van der Waals surface area contributed by atoms with Gasteiger partial charge in [0.15, 0.2) is 0 Å². The van der Waals surface area contributed by atoms with E-state index in [1.165, 1.54) is 11.8 Å². The molecular formula is C8H7N5S. The smallest absolute Gasteiger partial charge is 0.229 e. The van der Waals surface area contributed by atoms with E-state index >= 15 is 0 Å². The Hall–Kier alpha value is -1.56. The molecule has 0 aliphatic carbocycles. The minimum absolute atomic E-state index is 0.519. The summed E-state index contributed by atoms with van der Waals surface area (Å²) < 4.78 is 0. The van der Waals surface area contributed by atoms with Gasteiger partial charge in [-0.25, -0.2) is 0 Å². The van der Waals surface area contributed by atoms with Crippen LogP contribution in [0.1, 0.15) is 0 Å². The Kier molecular flexibility index (Phi) is 2.64. The molecule has 0 fully saturated rings. The highest BCUT2D eigenvalue weighted by atomic mass is 32.2. The highest BCUT2D eigenvalue weighted by molar-refractivity contribution is 7.98. The van der Waals surface area contributed by atoms with Crippen LogP contribution in [0.5, 0.6) is 0 Å². The van der Waals surface area contributed by atoms with Crippen LogP contribution < -0.4 is 0 Å². The Bertz CT molecular complexity index is 402. The maximum Gasteiger partial charge on any atom is 0.229 e. The molecule has 70 valence electrons. The third-order valence-electron chi connectivity index (χ3n) is 1.58. The van der Waals surface area contributed by atoms with Crippen LogP contribution in [0.4, 0.5) is 0 Å². The molecule has 6 heteroatoms. The van der Waals surface area contributed by atoms with E-state index in [0.29, 0.717) is 11.0 Å². The third kappa shape index (κ3) is 1.85. The number of aromatic nitrogens is 5. The molecular weight excluding hydrogens is 198 g/mol. The first kappa shape index (κ1) is 9.01. The van der Waals surface area contributed by atoms with Gasteiger partial charge in [-0.3, -0.25) is 4.98 Å². The number of hydrogen-bond donors (Lipinski definition) is 0. The average Bonchev–Trinajstić information content (AvgIpc) is 2.30. The summed E-state index contributed by atoms with van der Waals surface area (Å²) in [5.41, 5.74) is 0.868. The summed E-state index contributed by atoms with van der Waals surface area (Å²) in [5.74, 6) is 0.519. The second-order valence-corrected chi connectivity index (χ2v) is 3.22. The van der Waals surface area contributed by atoms with Crippen molar-refractivity contribution in [2.45, 2.75) is 5.16 Å². The lowest BCUT2D eigenvalue weighted by molar-refractivity contribution is 0.755. The van der Waals surface area contributed by atoms with Crippen LogP contribution in [0.15, 0.2) is 29.7 Å². The molecule has 0 spiro atoms. The second-order valence-electron chi connectivity index (χ2n) is 2.45. The van der Waals surface area contributed by atoms with Gasteiger partial charge in [-0.1, -0.05) is 11.8 Å². The quantitative estimate of drug-likeness (QED) is 0.683. The summed E-state index contributed by atoms with van der Waals surface area (Å²) in [6, 6.07) is 3.63. The number of nitrogens with zero attached hydrogens (tertiary/aromatic N) is 5. The Morgan fingerprint density at radius 3 is 2.21 bits per heavy atom. The molecule has 2 rings (SSSR count). The first-order valence-electron chi connectivity index (χ1n) is 3.92. The minimum Gasteiger partial charge on any atom is -0.265 e. The predicted molar refractivity (Wildman–Crippen MR) is 52.6 cm³/mol. The SMILES string of the molecule is CSc1nnc(-c2ccncc2)nn1. The van der Waals surface area contributed by atoms with Gasteiger partial charge in [-0.05, 0) is 18.4 Å². The average molecular weight is 205 g/mol. The van der Waals surface area contributed by atoms with Crippen molar-refractivity contribution < 1.29 is 0 Å². The highest BCUT2D eigenvalue weighted by Crippen LogP contribution is 2.11. The van der Waals surface area contributed by atoms with Crippen LogP contribution in [0.3, 0.4) is 0 Å². The van der Waals surface area contributed by atoms with Crippen LogP contribution in [-0.2, 0) is 0 Å². The summed E-state index contributed by atoms with van der Waals surface area (Å²) in [7, 11) is 0. The largest absolute Gasteiger partial charge is 0.265 e. The summed E-state index contributed by atoms with van der Waals surface area (Å²) in [6.45, 7) is 0. The Morgan fingerprint density at radius 1 is 1.00 bits per heavy atom. The van der Waals surface area contributed by atoms with E-state index in [9.17, 15) is 0 Å². The molecule has 0 atom stereocenters. The lowest BCUT2D eigenvalue weighted by Crippen LogP contribution is -1.97. The van der Waals surface area contributed by atoms with Crippen molar-refractivity contribution in [1.29, 1.82) is 0 Å². The van der Waals surface area contributed by atoms with E-state index in [0.717, 1.165) is 5.56 Å². The number of rotatable bonds is 2. The molecule has 0 unspecified atom stereocenters. The van der Waals surface area contributed by atoms with Crippen LogP contribution in [0.2, 0.25) is 0 Å². The van der Waals surface area contributed by atoms with Crippen LogP contribution in [0, 0.1) is 0 Å². The van der Waals surface area contributed by atoms with Gasteiger partial charge >= 0.3 is 0 Å². The number of hydrogen-bond acceptors (Lipinski definition) is 6. The fourth-order valence-electron chi connectivity index (χ4n) is 0.918. The normalized spacial score (nSPS) is 10.1. The van der Waals surface area contributed by atoms with Gasteiger partial charge in [0.25, 0.3) is 0 Å². The summed E-state index contributed by atoms with van der Waals surface area (Å²) >= 11 is 1.41. The molecule has 0 aliphatic heterocycles. The van der Waals surface area contributed by atoms with Crippen molar-refractivity contribution in [2.75, 3.05) is 6.26 Å². The van der Waals surface area contributed by atoms with E-state index in [4.69, 9.17) is 0 Å². The number of pyridine rings is 1. The lowest BCUT2D eigenvalue weighted by Gasteiger charge is -1.96. The zero-order chi connectivity index (χ0) is 9.80. The lowest BCUT2D eigenvalue weighted by atomic mass is 10.3. The predicted octanol–water partition coefficient (Wildman–Crippen LogP) is 1.05. The van der Waals surface area contributed by atoms with Crippen LogP contribution >= 0.6 is 11.8 Å². The molecule has 0 saturated heterocycles. The monoisotopic (exact) mass is 205 g/mol. The Balaban J connectivity index is 2.34. The summed E-state index contributed by atoms with van der Waals surface area (Å²) in [6.07, 6.45) is 5.24. The standard InChI is InChI=1S/C8H7N5S/c1-14-8-12-10-7(11-13-8)6-2-4-9-5-3-6/h2-5H,1H3. The molecule has 2 aromatic heterocycles. The van der Waals surface area contributed by atoms with E-state index in [-0.39, 0.29) is 0 Å².